The van der Waals surface area contributed by atoms with Crippen molar-refractivity contribution >= 4 is 47.5 Å². The third-order valence-corrected chi connectivity index (χ3v) is 9.39. The minimum atomic E-state index is -3.99. The molecule has 12 nitrogen and oxygen atoms in total. The molecule has 2 N–H and O–H groups in total. The van der Waals surface area contributed by atoms with Gasteiger partial charge in [-0.15, -0.1) is 0 Å². The zero-order chi connectivity index (χ0) is 28.6. The van der Waals surface area contributed by atoms with Crippen LogP contribution in [0.3, 0.4) is 0 Å². The van der Waals surface area contributed by atoms with E-state index in [1.807, 2.05) is 19.1 Å². The van der Waals surface area contributed by atoms with E-state index in [0.29, 0.717) is 34.8 Å². The Bertz CT molecular complexity index is 1690. The number of ether oxygens (including phenoxy) is 1. The molecule has 0 aliphatic carbocycles. The normalized spacial score (nSPS) is 12.5. The first-order valence-electron chi connectivity index (χ1n) is 11.7. The number of nitrogens with two attached hydrogens (primary N) is 1. The van der Waals surface area contributed by atoms with Gasteiger partial charge in [0.1, 0.15) is 0 Å². The van der Waals surface area contributed by atoms with Crippen molar-refractivity contribution in [3.63, 3.8) is 0 Å². The van der Waals surface area contributed by atoms with Crippen LogP contribution >= 0.6 is 11.3 Å². The number of nitrogens with zero attached hydrogens (tertiary/aromatic N) is 5. The van der Waals surface area contributed by atoms with E-state index < -0.39 is 26.0 Å². The molecule has 2 aromatic carbocycles. The van der Waals surface area contributed by atoms with E-state index in [1.54, 1.807) is 10.6 Å². The number of hydrogen-bond donors (Lipinski definition) is 1. The molecule has 0 unspecified atom stereocenters. The summed E-state index contributed by atoms with van der Waals surface area (Å²) in [6.07, 6.45) is -0.0610. The fourth-order valence-electron chi connectivity index (χ4n) is 3.60. The lowest BCUT2D eigenvalue weighted by Gasteiger charge is -2.20. The highest BCUT2D eigenvalue weighted by atomic mass is 32.2. The van der Waals surface area contributed by atoms with Crippen LogP contribution in [0.25, 0.3) is 10.2 Å². The van der Waals surface area contributed by atoms with E-state index in [9.17, 15) is 21.6 Å². The minimum absolute atomic E-state index is 0.0305. The molecular weight excluding hydrogens is 565 g/mol. The summed E-state index contributed by atoms with van der Waals surface area (Å²) in [6, 6.07) is 13.4. The lowest BCUT2D eigenvalue weighted by molar-refractivity contribution is 0.0996. The van der Waals surface area contributed by atoms with Gasteiger partial charge in [0.15, 0.2) is 4.80 Å². The Morgan fingerprint density at radius 1 is 1.05 bits per heavy atom. The Kier molecular flexibility index (Phi) is 10.1. The minimum Gasteiger partial charge on any atom is -0.380 e. The topological polar surface area (TPSA) is 189 Å². The third kappa shape index (κ3) is 7.36. The number of benzene rings is 2. The second-order valence-electron chi connectivity index (χ2n) is 8.07. The zero-order valence-corrected chi connectivity index (χ0v) is 23.4. The summed E-state index contributed by atoms with van der Waals surface area (Å²) in [6.45, 7) is 2.91. The molecule has 39 heavy (non-hydrogen) atoms. The van der Waals surface area contributed by atoms with Crippen molar-refractivity contribution in [3.05, 3.63) is 52.8 Å². The number of rotatable bonds is 12. The Hall–Kier alpha value is -3.44. The fourth-order valence-corrected chi connectivity index (χ4v) is 6.75. The molecular formula is C24H26N6O6S3. The number of primary sulfonamides is 1. The molecule has 0 fully saturated rings. The van der Waals surface area contributed by atoms with Crippen molar-refractivity contribution in [2.75, 3.05) is 26.3 Å². The summed E-state index contributed by atoms with van der Waals surface area (Å²) in [4.78, 5) is 17.4. The van der Waals surface area contributed by atoms with Gasteiger partial charge in [-0.2, -0.15) is 19.8 Å². The fraction of sp³-hybridized carbons (Fsp3) is 0.333. The Morgan fingerprint density at radius 3 is 2.23 bits per heavy atom. The number of amides is 1. The number of thiazole rings is 1. The van der Waals surface area contributed by atoms with E-state index in [4.69, 9.17) is 20.4 Å². The number of nitriles is 2. The Balaban J connectivity index is 1.98. The molecule has 0 spiro atoms. The smallest absolute Gasteiger partial charge is 0.279 e. The standard InChI is InChI=1S/C24H26N6O6S3/c1-2-36-16-15-30-21-10-9-20(38(27,32)33)17-22(21)37-24(30)28-23(31)18-5-7-19(8-6-18)39(34,35)29(13-3-11-25)14-4-12-26/h5-10,17H,2-4,13-16H2,1H3,(H2,27,32,33). The maximum atomic E-state index is 13.0. The molecule has 0 atom stereocenters. The van der Waals surface area contributed by atoms with Crippen molar-refractivity contribution < 1.29 is 26.4 Å². The van der Waals surface area contributed by atoms with Crippen LogP contribution in [-0.4, -0.2) is 57.9 Å². The van der Waals surface area contributed by atoms with Crippen molar-refractivity contribution in [2.24, 2.45) is 10.1 Å². The molecule has 0 bridgehead atoms. The number of fused-ring (bicyclic) bond motifs is 1. The van der Waals surface area contributed by atoms with E-state index >= 15 is 0 Å². The molecule has 0 aliphatic heterocycles. The van der Waals surface area contributed by atoms with Gasteiger partial charge in [-0.05, 0) is 49.4 Å². The molecule has 1 amide bonds. The number of hydrogen-bond acceptors (Lipinski definition) is 9. The van der Waals surface area contributed by atoms with Gasteiger partial charge in [-0.3, -0.25) is 4.79 Å². The predicted octanol–water partition coefficient (Wildman–Crippen LogP) is 1.95. The summed E-state index contributed by atoms with van der Waals surface area (Å²) in [5.41, 5.74) is 0.781. The Labute approximate surface area is 230 Å². The van der Waals surface area contributed by atoms with E-state index in [-0.39, 0.29) is 41.3 Å². The van der Waals surface area contributed by atoms with Crippen LogP contribution in [0.1, 0.15) is 30.1 Å². The highest BCUT2D eigenvalue weighted by Gasteiger charge is 2.24. The van der Waals surface area contributed by atoms with Crippen LogP contribution < -0.4 is 9.94 Å². The number of aromatic nitrogens is 1. The quantitative estimate of drug-likeness (QED) is 0.310. The molecule has 0 aliphatic rings. The lowest BCUT2D eigenvalue weighted by atomic mass is 10.2. The maximum Gasteiger partial charge on any atom is 0.279 e. The van der Waals surface area contributed by atoms with Gasteiger partial charge < -0.3 is 9.30 Å². The molecule has 3 rings (SSSR count). The van der Waals surface area contributed by atoms with Crippen LogP contribution in [0.2, 0.25) is 0 Å². The van der Waals surface area contributed by atoms with Crippen LogP contribution in [0.4, 0.5) is 0 Å². The lowest BCUT2D eigenvalue weighted by Crippen LogP contribution is -2.32. The molecule has 3 aromatic rings. The van der Waals surface area contributed by atoms with Gasteiger partial charge in [0.2, 0.25) is 20.0 Å². The molecule has 0 saturated heterocycles. The van der Waals surface area contributed by atoms with Crippen LogP contribution in [0.5, 0.6) is 0 Å². The summed E-state index contributed by atoms with van der Waals surface area (Å²) < 4.78 is 58.4. The van der Waals surface area contributed by atoms with Gasteiger partial charge >= 0.3 is 0 Å². The molecule has 1 aromatic heterocycles. The largest absolute Gasteiger partial charge is 0.380 e. The highest BCUT2D eigenvalue weighted by molar-refractivity contribution is 7.89. The first-order chi connectivity index (χ1) is 18.5. The van der Waals surface area contributed by atoms with E-state index in [0.717, 1.165) is 15.6 Å². The first kappa shape index (κ1) is 30.1. The first-order valence-corrected chi connectivity index (χ1v) is 15.5. The number of carbonyl (C=O) groups excluding carboxylic acids is 1. The summed E-state index contributed by atoms with van der Waals surface area (Å²) >= 11 is 1.11. The van der Waals surface area contributed by atoms with Crippen molar-refractivity contribution in [2.45, 2.75) is 36.1 Å². The maximum absolute atomic E-state index is 13.0. The van der Waals surface area contributed by atoms with Crippen molar-refractivity contribution in [1.29, 1.82) is 10.5 Å². The summed E-state index contributed by atoms with van der Waals surface area (Å²) in [5.74, 6) is -0.631. The third-order valence-electron chi connectivity index (χ3n) is 5.53. The molecule has 0 radical (unpaired) electrons. The molecule has 15 heteroatoms. The Morgan fingerprint density at radius 2 is 1.67 bits per heavy atom. The molecule has 0 saturated carbocycles. The van der Waals surface area contributed by atoms with Crippen LogP contribution in [-0.2, 0) is 31.3 Å². The van der Waals surface area contributed by atoms with Crippen LogP contribution in [0.15, 0.2) is 57.2 Å². The summed E-state index contributed by atoms with van der Waals surface area (Å²) in [5, 5.41) is 22.9. The molecule has 1 heterocycles. The SMILES string of the molecule is CCOCCn1c(=NC(=O)c2ccc(S(=O)(=O)N(CCC#N)CCC#N)cc2)sc2cc(S(N)(=O)=O)ccc21. The van der Waals surface area contributed by atoms with Crippen molar-refractivity contribution in [3.8, 4) is 12.1 Å². The van der Waals surface area contributed by atoms with Crippen LogP contribution in [0, 0.1) is 22.7 Å². The average molecular weight is 591 g/mol. The monoisotopic (exact) mass is 590 g/mol. The van der Waals surface area contributed by atoms with Gasteiger partial charge in [-0.1, -0.05) is 11.3 Å². The van der Waals surface area contributed by atoms with Gasteiger partial charge in [0.25, 0.3) is 5.91 Å². The van der Waals surface area contributed by atoms with Crippen molar-refractivity contribution in [1.82, 2.24) is 8.87 Å². The van der Waals surface area contributed by atoms with E-state index in [2.05, 4.69) is 4.99 Å². The molecule has 206 valence electrons. The second kappa shape index (κ2) is 13.1. The summed E-state index contributed by atoms with van der Waals surface area (Å²) in [7, 11) is -7.91. The van der Waals surface area contributed by atoms with Gasteiger partial charge in [0, 0.05) is 44.6 Å². The van der Waals surface area contributed by atoms with Gasteiger partial charge in [0.05, 0.1) is 38.8 Å². The zero-order valence-electron chi connectivity index (χ0n) is 21.0. The second-order valence-corrected chi connectivity index (χ2v) is 12.6. The number of sulfonamides is 2. The number of carbonyl (C=O) groups is 1. The van der Waals surface area contributed by atoms with E-state index in [1.165, 1.54) is 36.4 Å². The average Bonchev–Trinajstić information content (AvgIpc) is 3.24. The van der Waals surface area contributed by atoms with Gasteiger partial charge in [-0.25, -0.2) is 22.0 Å². The predicted molar refractivity (Wildman–Crippen MR) is 143 cm³/mol. The highest BCUT2D eigenvalue weighted by Crippen LogP contribution is 2.22.